The molecular formula is C23H28N4O3S. The van der Waals surface area contributed by atoms with Crippen LogP contribution in [0.25, 0.3) is 0 Å². The van der Waals surface area contributed by atoms with Crippen molar-refractivity contribution in [1.82, 2.24) is 14.5 Å². The first-order valence-electron chi connectivity index (χ1n) is 10.6. The Morgan fingerprint density at radius 2 is 1.58 bits per heavy atom. The molecule has 4 rings (SSSR count). The number of benzene rings is 2. The van der Waals surface area contributed by atoms with E-state index < -0.39 is 10.0 Å². The van der Waals surface area contributed by atoms with Crippen LogP contribution in [0.2, 0.25) is 0 Å². The van der Waals surface area contributed by atoms with Gasteiger partial charge in [0.1, 0.15) is 0 Å². The molecule has 2 saturated heterocycles. The van der Waals surface area contributed by atoms with Crippen LogP contribution < -0.4 is 4.72 Å². The van der Waals surface area contributed by atoms with Gasteiger partial charge in [0.25, 0.3) is 0 Å². The highest BCUT2D eigenvalue weighted by Crippen LogP contribution is 2.20. The van der Waals surface area contributed by atoms with Crippen molar-refractivity contribution < 1.29 is 13.2 Å². The number of nitriles is 1. The molecule has 0 spiro atoms. The van der Waals surface area contributed by atoms with Gasteiger partial charge in [0.2, 0.25) is 10.0 Å². The van der Waals surface area contributed by atoms with Crippen molar-refractivity contribution in [2.45, 2.75) is 24.5 Å². The Kier molecular flexibility index (Phi) is 7.00. The standard InChI is InChI=1S/C23H28N4O3S/c24-12-19-6-8-21(9-7-19)18-31(28,29)25-10-11-26-14-22-16-27(17-23(15-26)30-22)13-20-4-2-1-3-5-20/h1-9,22-23,25H,10-11,13-18H2. The molecule has 0 aromatic heterocycles. The van der Waals surface area contributed by atoms with Crippen molar-refractivity contribution in [2.24, 2.45) is 0 Å². The van der Waals surface area contributed by atoms with Crippen LogP contribution in [0.15, 0.2) is 54.6 Å². The number of ether oxygens (including phenoxy) is 1. The number of sulfonamides is 1. The lowest BCUT2D eigenvalue weighted by atomic mass is 10.1. The van der Waals surface area contributed by atoms with Gasteiger partial charge in [0.15, 0.2) is 0 Å². The monoisotopic (exact) mass is 440 g/mol. The van der Waals surface area contributed by atoms with Crippen molar-refractivity contribution in [3.05, 3.63) is 71.3 Å². The van der Waals surface area contributed by atoms with Gasteiger partial charge in [-0.1, -0.05) is 42.5 Å². The zero-order chi connectivity index (χ0) is 21.7. The van der Waals surface area contributed by atoms with Crippen LogP contribution >= 0.6 is 0 Å². The number of nitrogens with one attached hydrogen (secondary N) is 1. The second-order valence-corrected chi connectivity index (χ2v) is 10.1. The lowest BCUT2D eigenvalue weighted by molar-refractivity contribution is -0.139. The van der Waals surface area contributed by atoms with Crippen molar-refractivity contribution in [1.29, 1.82) is 5.26 Å². The largest absolute Gasteiger partial charge is 0.370 e. The number of nitrogens with zero attached hydrogens (tertiary/aromatic N) is 3. The first-order valence-corrected chi connectivity index (χ1v) is 12.2. The van der Waals surface area contributed by atoms with E-state index >= 15 is 0 Å². The number of fused-ring (bicyclic) bond motifs is 2. The highest BCUT2D eigenvalue weighted by atomic mass is 32.2. The lowest BCUT2D eigenvalue weighted by Gasteiger charge is -2.46. The van der Waals surface area contributed by atoms with Crippen LogP contribution in [0.1, 0.15) is 16.7 Å². The van der Waals surface area contributed by atoms with Crippen molar-refractivity contribution >= 4 is 10.0 Å². The highest BCUT2D eigenvalue weighted by molar-refractivity contribution is 7.88. The summed E-state index contributed by atoms with van der Waals surface area (Å²) in [7, 11) is -3.42. The minimum atomic E-state index is -3.42. The molecule has 31 heavy (non-hydrogen) atoms. The van der Waals surface area contributed by atoms with E-state index in [9.17, 15) is 8.42 Å². The third kappa shape index (κ3) is 6.35. The summed E-state index contributed by atoms with van der Waals surface area (Å²) < 4.78 is 33.6. The molecule has 2 aromatic carbocycles. The summed E-state index contributed by atoms with van der Waals surface area (Å²) in [5, 5.41) is 8.84. The zero-order valence-corrected chi connectivity index (χ0v) is 18.3. The van der Waals surface area contributed by atoms with Crippen LogP contribution in [0.5, 0.6) is 0 Å². The summed E-state index contributed by atoms with van der Waals surface area (Å²) in [4.78, 5) is 4.74. The Morgan fingerprint density at radius 3 is 2.23 bits per heavy atom. The molecule has 1 N–H and O–H groups in total. The Bertz CT molecular complexity index is 991. The fraction of sp³-hybridized carbons (Fsp3) is 0.435. The normalized spacial score (nSPS) is 22.2. The molecule has 2 aliphatic heterocycles. The van der Waals surface area contributed by atoms with E-state index in [0.29, 0.717) is 24.2 Å². The molecule has 2 aromatic rings. The number of rotatable bonds is 8. The van der Waals surface area contributed by atoms with Gasteiger partial charge in [0.05, 0.1) is 29.6 Å². The highest BCUT2D eigenvalue weighted by Gasteiger charge is 2.34. The quantitative estimate of drug-likeness (QED) is 0.671. The van der Waals surface area contributed by atoms with Crippen LogP contribution in [0.4, 0.5) is 0 Å². The molecule has 2 aliphatic rings. The molecule has 0 saturated carbocycles. The molecule has 2 bridgehead atoms. The first kappa shape index (κ1) is 21.9. The van der Waals surface area contributed by atoms with E-state index in [-0.39, 0.29) is 18.0 Å². The third-order valence-electron chi connectivity index (χ3n) is 5.67. The van der Waals surface area contributed by atoms with Gasteiger partial charge in [-0.05, 0) is 23.3 Å². The molecular weight excluding hydrogens is 412 g/mol. The van der Waals surface area contributed by atoms with Crippen molar-refractivity contribution in [3.63, 3.8) is 0 Å². The molecule has 7 nitrogen and oxygen atoms in total. The van der Waals surface area contributed by atoms with Crippen LogP contribution in [0, 0.1) is 11.3 Å². The van der Waals surface area contributed by atoms with Gasteiger partial charge in [-0.15, -0.1) is 0 Å². The van der Waals surface area contributed by atoms with E-state index in [4.69, 9.17) is 10.00 Å². The fourth-order valence-corrected chi connectivity index (χ4v) is 5.45. The Morgan fingerprint density at radius 1 is 0.935 bits per heavy atom. The van der Waals surface area contributed by atoms with E-state index in [1.54, 1.807) is 24.3 Å². The lowest BCUT2D eigenvalue weighted by Crippen LogP contribution is -2.59. The molecule has 2 fully saturated rings. The molecule has 0 aliphatic carbocycles. The third-order valence-corrected chi connectivity index (χ3v) is 7.03. The summed E-state index contributed by atoms with van der Waals surface area (Å²) >= 11 is 0. The topological polar surface area (TPSA) is 85.7 Å². The second kappa shape index (κ2) is 9.90. The number of hydrogen-bond acceptors (Lipinski definition) is 6. The minimum Gasteiger partial charge on any atom is -0.370 e. The average Bonchev–Trinajstić information content (AvgIpc) is 2.74. The van der Waals surface area contributed by atoms with E-state index in [0.717, 1.165) is 32.7 Å². The maximum Gasteiger partial charge on any atom is 0.215 e. The summed E-state index contributed by atoms with van der Waals surface area (Å²) in [6, 6.07) is 19.2. The summed E-state index contributed by atoms with van der Waals surface area (Å²) in [6.07, 6.45) is 0.318. The SMILES string of the molecule is N#Cc1ccc(CS(=O)(=O)NCCN2CC3CN(Cc4ccccc4)CC(C2)O3)cc1. The van der Waals surface area contributed by atoms with Crippen LogP contribution in [-0.2, 0) is 27.1 Å². The van der Waals surface area contributed by atoms with Gasteiger partial charge in [-0.25, -0.2) is 13.1 Å². The molecule has 0 amide bonds. The molecule has 2 atom stereocenters. The molecule has 8 heteroatoms. The Hall–Kier alpha value is -2.28. The van der Waals surface area contributed by atoms with Gasteiger partial charge in [0, 0.05) is 45.8 Å². The minimum absolute atomic E-state index is 0.0818. The average molecular weight is 441 g/mol. The summed E-state index contributed by atoms with van der Waals surface area (Å²) in [6.45, 7) is 5.41. The molecule has 0 radical (unpaired) electrons. The van der Waals surface area contributed by atoms with Gasteiger partial charge < -0.3 is 4.74 Å². The fourth-order valence-electron chi connectivity index (χ4n) is 4.32. The Labute approximate surface area is 184 Å². The van der Waals surface area contributed by atoms with Crippen molar-refractivity contribution in [2.75, 3.05) is 39.3 Å². The van der Waals surface area contributed by atoms with Crippen LogP contribution in [-0.4, -0.2) is 69.7 Å². The predicted molar refractivity (Wildman–Crippen MR) is 119 cm³/mol. The Balaban J connectivity index is 1.22. The zero-order valence-electron chi connectivity index (χ0n) is 17.5. The molecule has 164 valence electrons. The van der Waals surface area contributed by atoms with E-state index in [1.165, 1.54) is 5.56 Å². The number of morpholine rings is 2. The number of hydrogen-bond donors (Lipinski definition) is 1. The first-order chi connectivity index (χ1) is 15.0. The smallest absolute Gasteiger partial charge is 0.215 e. The predicted octanol–water partition coefficient (Wildman–Crippen LogP) is 1.56. The molecule has 2 unspecified atom stereocenters. The summed E-state index contributed by atoms with van der Waals surface area (Å²) in [5.41, 5.74) is 2.51. The summed E-state index contributed by atoms with van der Waals surface area (Å²) in [5.74, 6) is -0.0818. The van der Waals surface area contributed by atoms with Crippen LogP contribution in [0.3, 0.4) is 0 Å². The van der Waals surface area contributed by atoms with Gasteiger partial charge in [-0.3, -0.25) is 9.80 Å². The maximum atomic E-state index is 12.4. The van der Waals surface area contributed by atoms with Gasteiger partial charge in [-0.2, -0.15) is 5.26 Å². The van der Waals surface area contributed by atoms with E-state index in [2.05, 4.69) is 38.8 Å². The maximum absolute atomic E-state index is 12.4. The van der Waals surface area contributed by atoms with E-state index in [1.807, 2.05) is 12.1 Å². The van der Waals surface area contributed by atoms with Crippen molar-refractivity contribution in [3.8, 4) is 6.07 Å². The second-order valence-electron chi connectivity index (χ2n) is 8.28. The molecule has 2 heterocycles. The van der Waals surface area contributed by atoms with Gasteiger partial charge >= 0.3 is 0 Å².